The summed E-state index contributed by atoms with van der Waals surface area (Å²) in [5.74, 6) is 1.86. The number of nitrogens with zero attached hydrogens (tertiary/aromatic N) is 9. The molecule has 1 N–H and O–H groups in total. The molecule has 0 amide bonds. The van der Waals surface area contributed by atoms with Crippen molar-refractivity contribution < 1.29 is 0 Å². The molecule has 5 rings (SSSR count). The Hall–Kier alpha value is -4.75. The molecule has 0 unspecified atom stereocenters. The van der Waals surface area contributed by atoms with Crippen molar-refractivity contribution in [2.45, 2.75) is 13.5 Å². The zero-order chi connectivity index (χ0) is 27.4. The molecule has 39 heavy (non-hydrogen) atoms. The van der Waals surface area contributed by atoms with Crippen LogP contribution in [0.25, 0.3) is 28.0 Å². The summed E-state index contributed by atoms with van der Waals surface area (Å²) in [6, 6.07) is 14.5. The van der Waals surface area contributed by atoms with E-state index in [1.807, 2.05) is 73.4 Å². The number of rotatable bonds is 10. The average molecular weight is 521 g/mol. The first-order chi connectivity index (χ1) is 19.0. The van der Waals surface area contributed by atoms with Gasteiger partial charge in [0.1, 0.15) is 29.0 Å². The smallest absolute Gasteiger partial charge is 0.145 e. The Labute approximate surface area is 228 Å². The SMILES string of the molecule is CCN(CCNCc1ccc(N(C)C)nc1)c1ccc(-c2cc(-c3cnn(C)c3)cc3ncc(C#N)n23)cn1. The number of likely N-dealkylation sites (N-methyl/N-ethyl adjacent to an activating group) is 1. The number of fused-ring (bicyclic) bond motifs is 1. The zero-order valence-electron chi connectivity index (χ0n) is 22.7. The van der Waals surface area contributed by atoms with Crippen LogP contribution in [-0.4, -0.2) is 62.9 Å². The highest BCUT2D eigenvalue weighted by atomic mass is 15.2. The lowest BCUT2D eigenvalue weighted by molar-refractivity contribution is 0.661. The fourth-order valence-electron chi connectivity index (χ4n) is 4.53. The summed E-state index contributed by atoms with van der Waals surface area (Å²) >= 11 is 0. The molecule has 5 heterocycles. The average Bonchev–Trinajstić information content (AvgIpc) is 3.59. The Balaban J connectivity index is 1.31. The summed E-state index contributed by atoms with van der Waals surface area (Å²) in [5, 5.41) is 17.5. The molecule has 5 aromatic rings. The minimum absolute atomic E-state index is 0.481. The van der Waals surface area contributed by atoms with Crippen LogP contribution in [0.5, 0.6) is 0 Å². The molecule has 10 nitrogen and oxygen atoms in total. The van der Waals surface area contributed by atoms with Crippen LogP contribution in [0.3, 0.4) is 0 Å². The number of pyridine rings is 3. The van der Waals surface area contributed by atoms with E-state index in [1.54, 1.807) is 10.9 Å². The maximum absolute atomic E-state index is 9.69. The summed E-state index contributed by atoms with van der Waals surface area (Å²) in [6.07, 6.45) is 9.18. The van der Waals surface area contributed by atoms with E-state index in [0.29, 0.717) is 11.3 Å². The van der Waals surface area contributed by atoms with Gasteiger partial charge in [-0.25, -0.2) is 15.0 Å². The quantitative estimate of drug-likeness (QED) is 0.278. The summed E-state index contributed by atoms with van der Waals surface area (Å²) in [7, 11) is 5.87. The third-order valence-electron chi connectivity index (χ3n) is 6.66. The molecular formula is C29H32N10. The second kappa shape index (κ2) is 11.3. The molecule has 0 aromatic carbocycles. The molecule has 198 valence electrons. The lowest BCUT2D eigenvalue weighted by Crippen LogP contribution is -2.32. The largest absolute Gasteiger partial charge is 0.363 e. The van der Waals surface area contributed by atoms with Crippen molar-refractivity contribution in [3.05, 3.63) is 78.6 Å². The summed E-state index contributed by atoms with van der Waals surface area (Å²) in [4.78, 5) is 18.0. The number of hydrogen-bond donors (Lipinski definition) is 1. The van der Waals surface area contributed by atoms with E-state index < -0.39 is 0 Å². The van der Waals surface area contributed by atoms with Crippen LogP contribution in [0.15, 0.2) is 67.4 Å². The van der Waals surface area contributed by atoms with Gasteiger partial charge in [-0.1, -0.05) is 6.07 Å². The maximum atomic E-state index is 9.69. The van der Waals surface area contributed by atoms with Gasteiger partial charge in [0.2, 0.25) is 0 Å². The van der Waals surface area contributed by atoms with Crippen molar-refractivity contribution in [2.24, 2.45) is 7.05 Å². The number of hydrogen-bond acceptors (Lipinski definition) is 8. The van der Waals surface area contributed by atoms with Crippen LogP contribution in [0.1, 0.15) is 18.2 Å². The number of nitrogens with one attached hydrogen (secondary N) is 1. The Morgan fingerprint density at radius 1 is 0.923 bits per heavy atom. The second-order valence-corrected chi connectivity index (χ2v) is 9.56. The number of nitriles is 1. The van der Waals surface area contributed by atoms with E-state index in [9.17, 15) is 5.26 Å². The van der Waals surface area contributed by atoms with Crippen LogP contribution in [-0.2, 0) is 13.6 Å². The van der Waals surface area contributed by atoms with E-state index in [-0.39, 0.29) is 0 Å². The predicted molar refractivity (Wildman–Crippen MR) is 153 cm³/mol. The normalized spacial score (nSPS) is 11.1. The van der Waals surface area contributed by atoms with E-state index in [4.69, 9.17) is 4.98 Å². The van der Waals surface area contributed by atoms with E-state index in [1.165, 1.54) is 0 Å². The van der Waals surface area contributed by atoms with Crippen LogP contribution in [0.2, 0.25) is 0 Å². The first kappa shape index (κ1) is 25.9. The highest BCUT2D eigenvalue weighted by Gasteiger charge is 2.14. The van der Waals surface area contributed by atoms with Gasteiger partial charge in [0, 0.05) is 77.0 Å². The Morgan fingerprint density at radius 2 is 1.74 bits per heavy atom. The van der Waals surface area contributed by atoms with Crippen LogP contribution < -0.4 is 15.1 Å². The third-order valence-corrected chi connectivity index (χ3v) is 6.66. The number of anilines is 2. The van der Waals surface area contributed by atoms with Crippen molar-refractivity contribution in [2.75, 3.05) is 43.5 Å². The monoisotopic (exact) mass is 520 g/mol. The van der Waals surface area contributed by atoms with Crippen molar-refractivity contribution in [1.29, 1.82) is 5.26 Å². The molecule has 0 fully saturated rings. The summed E-state index contributed by atoms with van der Waals surface area (Å²) < 4.78 is 3.64. The highest BCUT2D eigenvalue weighted by Crippen LogP contribution is 2.29. The molecular weight excluding hydrogens is 488 g/mol. The van der Waals surface area contributed by atoms with Crippen molar-refractivity contribution in [3.63, 3.8) is 0 Å². The first-order valence-electron chi connectivity index (χ1n) is 12.9. The molecule has 0 saturated heterocycles. The molecule has 0 spiro atoms. The van der Waals surface area contributed by atoms with Gasteiger partial charge < -0.3 is 15.1 Å². The van der Waals surface area contributed by atoms with E-state index >= 15 is 0 Å². The Bertz CT molecular complexity index is 1590. The topological polar surface area (TPSA) is 103 Å². The third kappa shape index (κ3) is 5.58. The summed E-state index contributed by atoms with van der Waals surface area (Å²) in [5.41, 5.74) is 6.08. The van der Waals surface area contributed by atoms with Gasteiger partial charge in [0.15, 0.2) is 0 Å². The van der Waals surface area contributed by atoms with Crippen LogP contribution in [0, 0.1) is 11.3 Å². The van der Waals surface area contributed by atoms with E-state index in [2.05, 4.69) is 56.5 Å². The van der Waals surface area contributed by atoms with Gasteiger partial charge in [0.05, 0.1) is 18.1 Å². The molecule has 10 heteroatoms. The van der Waals surface area contributed by atoms with E-state index in [0.717, 1.165) is 65.8 Å². The van der Waals surface area contributed by atoms with Crippen molar-refractivity contribution >= 4 is 17.3 Å². The lowest BCUT2D eigenvalue weighted by Gasteiger charge is -2.22. The molecule has 0 saturated carbocycles. The lowest BCUT2D eigenvalue weighted by atomic mass is 10.1. The highest BCUT2D eigenvalue weighted by molar-refractivity contribution is 5.75. The molecule has 0 radical (unpaired) electrons. The molecule has 0 bridgehead atoms. The number of aromatic nitrogens is 6. The van der Waals surface area contributed by atoms with Gasteiger partial charge in [-0.15, -0.1) is 0 Å². The Kier molecular flexibility index (Phi) is 7.52. The summed E-state index contributed by atoms with van der Waals surface area (Å²) in [6.45, 7) is 5.38. The molecule has 0 aliphatic rings. The molecule has 0 atom stereocenters. The molecule has 0 aliphatic heterocycles. The number of aryl methyl sites for hydroxylation is 1. The van der Waals surface area contributed by atoms with Gasteiger partial charge in [0.25, 0.3) is 0 Å². The number of imidazole rings is 1. The minimum Gasteiger partial charge on any atom is -0.363 e. The maximum Gasteiger partial charge on any atom is 0.145 e. The fraction of sp³-hybridized carbons (Fsp3) is 0.276. The Morgan fingerprint density at radius 3 is 2.38 bits per heavy atom. The van der Waals surface area contributed by atoms with Crippen LogP contribution >= 0.6 is 0 Å². The van der Waals surface area contributed by atoms with Gasteiger partial charge >= 0.3 is 0 Å². The van der Waals surface area contributed by atoms with Gasteiger partial charge in [-0.05, 0) is 48.4 Å². The minimum atomic E-state index is 0.481. The van der Waals surface area contributed by atoms with Crippen molar-refractivity contribution in [3.8, 4) is 28.5 Å². The standard InChI is InChI=1S/C29H32N10/c1-5-38(11-10-31-15-21-6-8-27(32-16-21)36(2)3)28-9-7-22(17-33-28)26-12-23(24-18-35-37(4)20-24)13-29-34-19-25(14-30)39(26)29/h6-9,12-13,16-20,31H,5,10-11,15H2,1-4H3. The van der Waals surface area contributed by atoms with Crippen molar-refractivity contribution in [1.82, 2.24) is 34.4 Å². The van der Waals surface area contributed by atoms with Gasteiger partial charge in [-0.3, -0.25) is 9.08 Å². The molecule has 5 aromatic heterocycles. The molecule has 0 aliphatic carbocycles. The zero-order valence-corrected chi connectivity index (χ0v) is 22.7. The van der Waals surface area contributed by atoms with Gasteiger partial charge in [-0.2, -0.15) is 10.4 Å². The second-order valence-electron chi connectivity index (χ2n) is 9.56. The fourth-order valence-corrected chi connectivity index (χ4v) is 4.53. The van der Waals surface area contributed by atoms with Crippen LogP contribution in [0.4, 0.5) is 11.6 Å². The predicted octanol–water partition coefficient (Wildman–Crippen LogP) is 3.75. The first-order valence-corrected chi connectivity index (χ1v) is 12.9.